The number of benzene rings is 1. The van der Waals surface area contributed by atoms with Crippen LogP contribution in [-0.4, -0.2) is 52.8 Å². The second-order valence-corrected chi connectivity index (χ2v) is 6.01. The minimum atomic E-state index is -0.713. The lowest BCUT2D eigenvalue weighted by atomic mass is 9.97. The van der Waals surface area contributed by atoms with Crippen molar-refractivity contribution in [2.75, 3.05) is 20.2 Å². The molecule has 1 aliphatic heterocycles. The van der Waals surface area contributed by atoms with Crippen LogP contribution >= 0.6 is 0 Å². The third kappa shape index (κ3) is 4.06. The van der Waals surface area contributed by atoms with Gasteiger partial charge in [-0.15, -0.1) is 0 Å². The van der Waals surface area contributed by atoms with Crippen LogP contribution < -0.4 is 5.32 Å². The Hall–Kier alpha value is -2.67. The molecule has 1 aliphatic rings. The Morgan fingerprint density at radius 1 is 1.32 bits per heavy atom. The van der Waals surface area contributed by atoms with Crippen LogP contribution in [0.5, 0.6) is 0 Å². The van der Waals surface area contributed by atoms with Crippen molar-refractivity contribution in [3.63, 3.8) is 0 Å². The first-order valence-electron chi connectivity index (χ1n) is 8.34. The molecule has 1 aromatic heterocycles. The van der Waals surface area contributed by atoms with Crippen LogP contribution in [0.25, 0.3) is 0 Å². The molecule has 2 aromatic rings. The zero-order chi connectivity index (χ0) is 17.6. The number of likely N-dealkylation sites (N-methyl/N-ethyl adjacent to an activating group) is 1. The van der Waals surface area contributed by atoms with Gasteiger partial charge in [0.2, 0.25) is 5.91 Å². The molecule has 7 nitrogen and oxygen atoms in total. The fourth-order valence-electron chi connectivity index (χ4n) is 2.97. The number of hydrogen-bond donors (Lipinski definition) is 1. The summed E-state index contributed by atoms with van der Waals surface area (Å²) in [7, 11) is 1.71. The molecular formula is C18H22N4O3. The van der Waals surface area contributed by atoms with Crippen molar-refractivity contribution in [2.24, 2.45) is 0 Å². The first kappa shape index (κ1) is 17.2. The van der Waals surface area contributed by atoms with Gasteiger partial charge in [-0.05, 0) is 18.1 Å². The summed E-state index contributed by atoms with van der Waals surface area (Å²) in [5, 5.41) is 7.03. The van der Waals surface area contributed by atoms with Crippen molar-refractivity contribution in [3.8, 4) is 0 Å². The zero-order valence-corrected chi connectivity index (χ0v) is 14.2. The highest BCUT2D eigenvalue weighted by Crippen LogP contribution is 2.28. The molecule has 0 radical (unpaired) electrons. The average Bonchev–Trinajstić information content (AvgIpc) is 3.15. The monoisotopic (exact) mass is 342 g/mol. The standard InChI is InChI=1S/C18H22N4O3/c1-21-15(23)13-25-17(16(21)14-7-3-2-4-8-14)18(24)19-9-5-11-22-12-6-10-20-22/h2-4,6-8,10,12,16-17H,5,9,11,13H2,1H3,(H,19,24). The Morgan fingerprint density at radius 2 is 2.12 bits per heavy atom. The van der Waals surface area contributed by atoms with E-state index in [9.17, 15) is 9.59 Å². The minimum absolute atomic E-state index is 0.0782. The number of amides is 2. The van der Waals surface area contributed by atoms with Gasteiger partial charge in [-0.25, -0.2) is 0 Å². The smallest absolute Gasteiger partial charge is 0.251 e. The maximum absolute atomic E-state index is 12.6. The number of aromatic nitrogens is 2. The Kier molecular flexibility index (Phi) is 5.45. The zero-order valence-electron chi connectivity index (χ0n) is 14.2. The quantitative estimate of drug-likeness (QED) is 0.794. The number of rotatable bonds is 6. The van der Waals surface area contributed by atoms with Gasteiger partial charge in [-0.1, -0.05) is 30.3 Å². The highest BCUT2D eigenvalue weighted by molar-refractivity contribution is 5.86. The normalized spacial score (nSPS) is 20.5. The topological polar surface area (TPSA) is 76.5 Å². The molecule has 1 N–H and O–H groups in total. The first-order chi connectivity index (χ1) is 12.2. The van der Waals surface area contributed by atoms with Crippen molar-refractivity contribution in [1.82, 2.24) is 20.0 Å². The lowest BCUT2D eigenvalue weighted by Gasteiger charge is -2.38. The summed E-state index contributed by atoms with van der Waals surface area (Å²) in [6.45, 7) is 1.18. The molecule has 7 heteroatoms. The highest BCUT2D eigenvalue weighted by Gasteiger charge is 2.39. The molecule has 1 aromatic carbocycles. The van der Waals surface area contributed by atoms with Gasteiger partial charge in [-0.3, -0.25) is 14.3 Å². The molecule has 2 heterocycles. The van der Waals surface area contributed by atoms with E-state index in [-0.39, 0.29) is 18.4 Å². The number of hydrogen-bond acceptors (Lipinski definition) is 4. The van der Waals surface area contributed by atoms with E-state index in [1.807, 2.05) is 47.3 Å². The van der Waals surface area contributed by atoms with E-state index < -0.39 is 12.1 Å². The van der Waals surface area contributed by atoms with E-state index in [4.69, 9.17) is 4.74 Å². The summed E-state index contributed by atoms with van der Waals surface area (Å²) in [5.41, 5.74) is 0.884. The number of morpholine rings is 1. The van der Waals surface area contributed by atoms with Gasteiger partial charge in [0.15, 0.2) is 6.10 Å². The Bertz CT molecular complexity index is 702. The summed E-state index contributed by atoms with van der Waals surface area (Å²) >= 11 is 0. The van der Waals surface area contributed by atoms with Crippen LogP contribution in [0.3, 0.4) is 0 Å². The summed E-state index contributed by atoms with van der Waals surface area (Å²) < 4.78 is 7.39. The van der Waals surface area contributed by atoms with Crippen molar-refractivity contribution < 1.29 is 14.3 Å². The SMILES string of the molecule is CN1C(=O)COC(C(=O)NCCCn2cccn2)C1c1ccccc1. The van der Waals surface area contributed by atoms with Crippen LogP contribution in [0.4, 0.5) is 0 Å². The van der Waals surface area contributed by atoms with Crippen LogP contribution in [-0.2, 0) is 20.9 Å². The fraction of sp³-hybridized carbons (Fsp3) is 0.389. The van der Waals surface area contributed by atoms with Gasteiger partial charge in [0.05, 0.1) is 6.04 Å². The number of nitrogens with one attached hydrogen (secondary N) is 1. The number of carbonyl (C=O) groups is 2. The van der Waals surface area contributed by atoms with Crippen LogP contribution in [0.15, 0.2) is 48.8 Å². The molecule has 0 spiro atoms. The summed E-state index contributed by atoms with van der Waals surface area (Å²) in [6.07, 6.45) is 3.67. The lowest BCUT2D eigenvalue weighted by molar-refractivity contribution is -0.162. The summed E-state index contributed by atoms with van der Waals surface area (Å²) in [4.78, 5) is 26.2. The molecule has 0 bridgehead atoms. The van der Waals surface area contributed by atoms with Crippen molar-refractivity contribution in [2.45, 2.75) is 25.1 Å². The van der Waals surface area contributed by atoms with Crippen LogP contribution in [0.1, 0.15) is 18.0 Å². The Balaban J connectivity index is 1.61. The van der Waals surface area contributed by atoms with Crippen molar-refractivity contribution in [3.05, 3.63) is 54.4 Å². The van der Waals surface area contributed by atoms with Crippen LogP contribution in [0.2, 0.25) is 0 Å². The molecular weight excluding hydrogens is 320 g/mol. The largest absolute Gasteiger partial charge is 0.356 e. The van der Waals surface area contributed by atoms with Gasteiger partial charge in [0, 0.05) is 32.5 Å². The molecule has 132 valence electrons. The Morgan fingerprint density at radius 3 is 2.84 bits per heavy atom. The molecule has 0 aliphatic carbocycles. The maximum atomic E-state index is 12.6. The third-order valence-electron chi connectivity index (χ3n) is 4.31. The van der Waals surface area contributed by atoms with Gasteiger partial charge in [-0.2, -0.15) is 5.10 Å². The molecule has 3 rings (SSSR count). The molecule has 25 heavy (non-hydrogen) atoms. The van der Waals surface area contributed by atoms with Crippen molar-refractivity contribution >= 4 is 11.8 Å². The van der Waals surface area contributed by atoms with Gasteiger partial charge in [0.1, 0.15) is 6.61 Å². The van der Waals surface area contributed by atoms with Crippen molar-refractivity contribution in [1.29, 1.82) is 0 Å². The average molecular weight is 342 g/mol. The highest BCUT2D eigenvalue weighted by atomic mass is 16.5. The van der Waals surface area contributed by atoms with E-state index in [0.717, 1.165) is 18.5 Å². The maximum Gasteiger partial charge on any atom is 0.251 e. The molecule has 0 saturated carbocycles. The van der Waals surface area contributed by atoms with E-state index >= 15 is 0 Å². The number of nitrogens with zero attached hydrogens (tertiary/aromatic N) is 3. The molecule has 1 fully saturated rings. The third-order valence-corrected chi connectivity index (χ3v) is 4.31. The predicted molar refractivity (Wildman–Crippen MR) is 91.5 cm³/mol. The van der Waals surface area contributed by atoms with Gasteiger partial charge >= 0.3 is 0 Å². The molecule has 2 amide bonds. The first-order valence-corrected chi connectivity index (χ1v) is 8.34. The second-order valence-electron chi connectivity index (χ2n) is 6.01. The molecule has 2 atom stereocenters. The van der Waals surface area contributed by atoms with Gasteiger partial charge < -0.3 is 15.0 Å². The van der Waals surface area contributed by atoms with E-state index in [2.05, 4.69) is 10.4 Å². The Labute approximate surface area is 146 Å². The molecule has 2 unspecified atom stereocenters. The van der Waals surface area contributed by atoms with E-state index in [1.54, 1.807) is 18.1 Å². The summed E-state index contributed by atoms with van der Waals surface area (Å²) in [6, 6.07) is 10.9. The summed E-state index contributed by atoms with van der Waals surface area (Å²) in [5.74, 6) is -0.328. The predicted octanol–water partition coefficient (Wildman–Crippen LogP) is 0.988. The fourth-order valence-corrected chi connectivity index (χ4v) is 2.97. The number of aryl methyl sites for hydroxylation is 1. The molecule has 1 saturated heterocycles. The van der Waals surface area contributed by atoms with Gasteiger partial charge in [0.25, 0.3) is 5.91 Å². The number of ether oxygens (including phenoxy) is 1. The van der Waals surface area contributed by atoms with E-state index in [0.29, 0.717) is 6.54 Å². The van der Waals surface area contributed by atoms with Crippen LogP contribution in [0, 0.1) is 0 Å². The lowest BCUT2D eigenvalue weighted by Crippen LogP contribution is -2.53. The minimum Gasteiger partial charge on any atom is -0.356 e. The number of carbonyl (C=O) groups excluding carboxylic acids is 2. The van der Waals surface area contributed by atoms with E-state index in [1.165, 1.54) is 0 Å². The second kappa shape index (κ2) is 7.94.